The number of sulfone groups is 1. The number of allylic oxidation sites excluding steroid dienone is 2. The molecule has 0 unspecified atom stereocenters. The minimum absolute atomic E-state index is 0.00278. The third kappa shape index (κ3) is 1.30. The van der Waals surface area contributed by atoms with Gasteiger partial charge in [-0.3, -0.25) is 0 Å². The molecule has 0 saturated heterocycles. The van der Waals surface area contributed by atoms with Gasteiger partial charge in [0.2, 0.25) is 9.84 Å². The summed E-state index contributed by atoms with van der Waals surface area (Å²) in [4.78, 5) is -0.124. The van der Waals surface area contributed by atoms with Crippen molar-refractivity contribution in [3.63, 3.8) is 0 Å². The third-order valence-corrected chi connectivity index (χ3v) is 4.39. The average molecular weight is 242 g/mol. The molecule has 1 aliphatic heterocycles. The lowest BCUT2D eigenvalue weighted by Crippen LogP contribution is -1.98. The van der Waals surface area contributed by atoms with Crippen molar-refractivity contribution in [2.45, 2.75) is 4.90 Å². The lowest BCUT2D eigenvalue weighted by Gasteiger charge is -2.00. The molecule has 0 bridgehead atoms. The zero-order valence-electron chi connectivity index (χ0n) is 8.64. The fourth-order valence-electron chi connectivity index (χ4n) is 1.80. The highest BCUT2D eigenvalue weighted by Gasteiger charge is 2.35. The Morgan fingerprint density at radius 1 is 1.24 bits per heavy atom. The zero-order valence-corrected chi connectivity index (χ0v) is 9.45. The van der Waals surface area contributed by atoms with Crippen LogP contribution in [0.5, 0.6) is 0 Å². The molecule has 0 N–H and O–H groups in total. The lowest BCUT2D eigenvalue weighted by molar-refractivity contribution is 0.604. The van der Waals surface area contributed by atoms with Crippen LogP contribution in [0.2, 0.25) is 0 Å². The molecule has 0 radical (unpaired) electrons. The summed E-state index contributed by atoms with van der Waals surface area (Å²) in [5.41, 5.74) is 0.360. The molecule has 1 heterocycles. The molecule has 1 aliphatic rings. The molecule has 0 saturated carbocycles. The Labute approximate surface area is 98.6 Å². The van der Waals surface area contributed by atoms with Gasteiger partial charge in [0.15, 0.2) is 0 Å². The number of benzene rings is 1. The van der Waals surface area contributed by atoms with Crippen LogP contribution >= 0.6 is 0 Å². The molecule has 0 fully saturated rings. The van der Waals surface area contributed by atoms with E-state index in [1.165, 1.54) is 18.2 Å². The minimum Gasteiger partial charge on any atom is -0.218 e. The highest BCUT2D eigenvalue weighted by molar-refractivity contribution is 7.96. The maximum absolute atomic E-state index is 12.1. The predicted molar refractivity (Wildman–Crippen MR) is 61.1 cm³/mol. The van der Waals surface area contributed by atoms with E-state index >= 15 is 0 Å². The summed E-state index contributed by atoms with van der Waals surface area (Å²) in [5.74, 6) is 0. The molecule has 0 aromatic heterocycles. The highest BCUT2D eigenvalue weighted by Crippen LogP contribution is 2.40. The van der Waals surface area contributed by atoms with E-state index in [9.17, 15) is 8.42 Å². The first kappa shape index (κ1) is 11.1. The van der Waals surface area contributed by atoms with Gasteiger partial charge >= 0.3 is 0 Å². The van der Waals surface area contributed by atoms with Gasteiger partial charge in [-0.25, -0.2) is 8.42 Å². The monoisotopic (exact) mass is 242 g/mol. The Morgan fingerprint density at radius 2 is 1.94 bits per heavy atom. The first-order chi connectivity index (χ1) is 8.07. The van der Waals surface area contributed by atoms with Crippen LogP contribution in [0, 0.1) is 22.7 Å². The van der Waals surface area contributed by atoms with Gasteiger partial charge in [-0.15, -0.1) is 0 Å². The second kappa shape index (κ2) is 3.58. The standard InChI is InChI=1S/C12H6N2O2S/c1-2-10-9(7-14)12-8(6-13)4-3-5-11(12)17(10,15)16/h2-5H,1H2. The molecule has 1 aromatic rings. The van der Waals surface area contributed by atoms with Crippen LogP contribution in [-0.2, 0) is 9.84 Å². The molecule has 0 amide bonds. The first-order valence-corrected chi connectivity index (χ1v) is 6.11. The Kier molecular flexibility index (Phi) is 2.35. The zero-order chi connectivity index (χ0) is 12.6. The number of rotatable bonds is 1. The van der Waals surface area contributed by atoms with Crippen molar-refractivity contribution in [3.8, 4) is 12.1 Å². The highest BCUT2D eigenvalue weighted by atomic mass is 32.2. The maximum atomic E-state index is 12.1. The SMILES string of the molecule is C=CC1=C(C#N)c2c(C#N)cccc2S1(=O)=O. The van der Waals surface area contributed by atoms with Crippen LogP contribution in [0.1, 0.15) is 11.1 Å². The van der Waals surface area contributed by atoms with E-state index in [0.717, 1.165) is 6.08 Å². The van der Waals surface area contributed by atoms with Gasteiger partial charge in [0.25, 0.3) is 0 Å². The van der Waals surface area contributed by atoms with Crippen molar-refractivity contribution in [2.75, 3.05) is 0 Å². The smallest absolute Gasteiger partial charge is 0.208 e. The second-order valence-electron chi connectivity index (χ2n) is 3.35. The van der Waals surface area contributed by atoms with Crippen molar-refractivity contribution < 1.29 is 8.42 Å². The molecule has 0 atom stereocenters. The van der Waals surface area contributed by atoms with E-state index < -0.39 is 9.84 Å². The van der Waals surface area contributed by atoms with Crippen LogP contribution < -0.4 is 0 Å². The summed E-state index contributed by atoms with van der Waals surface area (Å²) in [5, 5.41) is 18.0. The van der Waals surface area contributed by atoms with Crippen LogP contribution in [0.4, 0.5) is 0 Å². The number of hydrogen-bond donors (Lipinski definition) is 0. The third-order valence-electron chi connectivity index (χ3n) is 2.52. The van der Waals surface area contributed by atoms with Gasteiger partial charge in [-0.1, -0.05) is 12.6 Å². The summed E-state index contributed by atoms with van der Waals surface area (Å²) >= 11 is 0. The molecule has 5 heteroatoms. The van der Waals surface area contributed by atoms with E-state index in [1.54, 1.807) is 0 Å². The van der Waals surface area contributed by atoms with Gasteiger partial charge in [0, 0.05) is 5.56 Å². The largest absolute Gasteiger partial charge is 0.218 e. The Morgan fingerprint density at radius 3 is 2.47 bits per heavy atom. The second-order valence-corrected chi connectivity index (χ2v) is 5.24. The van der Waals surface area contributed by atoms with Gasteiger partial charge in [-0.2, -0.15) is 10.5 Å². The molecular weight excluding hydrogens is 236 g/mol. The summed E-state index contributed by atoms with van der Waals surface area (Å²) in [6.07, 6.45) is 1.13. The minimum atomic E-state index is -3.70. The fourth-order valence-corrected chi connectivity index (χ4v) is 3.42. The van der Waals surface area contributed by atoms with Crippen LogP contribution in [-0.4, -0.2) is 8.42 Å². The van der Waals surface area contributed by atoms with Crippen molar-refractivity contribution in [2.24, 2.45) is 0 Å². The lowest BCUT2D eigenvalue weighted by atomic mass is 10.0. The number of nitriles is 2. The Hall–Kier alpha value is -2.37. The summed E-state index contributed by atoms with van der Waals surface area (Å²) in [7, 11) is -3.70. The normalized spacial score (nSPS) is 15.9. The summed E-state index contributed by atoms with van der Waals surface area (Å²) in [6, 6.07) is 8.07. The van der Waals surface area contributed by atoms with Crippen molar-refractivity contribution >= 4 is 15.4 Å². The number of fused-ring (bicyclic) bond motifs is 1. The maximum Gasteiger partial charge on any atom is 0.208 e. The quantitative estimate of drug-likeness (QED) is 0.751. The molecule has 1 aromatic carbocycles. The molecule has 17 heavy (non-hydrogen) atoms. The van der Waals surface area contributed by atoms with E-state index in [4.69, 9.17) is 10.5 Å². The number of nitrogens with zero attached hydrogens (tertiary/aromatic N) is 2. The van der Waals surface area contributed by atoms with E-state index in [-0.39, 0.29) is 26.5 Å². The first-order valence-electron chi connectivity index (χ1n) is 4.63. The molecular formula is C12H6N2O2S. The van der Waals surface area contributed by atoms with E-state index in [2.05, 4.69) is 6.58 Å². The fraction of sp³-hybridized carbons (Fsp3) is 0. The summed E-state index contributed by atoms with van der Waals surface area (Å²) < 4.78 is 24.1. The van der Waals surface area contributed by atoms with Gasteiger partial charge in [0.1, 0.15) is 6.07 Å². The van der Waals surface area contributed by atoms with Crippen LogP contribution in [0.15, 0.2) is 40.7 Å². The van der Waals surface area contributed by atoms with Crippen molar-refractivity contribution in [1.82, 2.24) is 0 Å². The Balaban J connectivity index is 3.02. The van der Waals surface area contributed by atoms with Gasteiger partial charge in [-0.05, 0) is 18.2 Å². The molecule has 0 spiro atoms. The van der Waals surface area contributed by atoms with Gasteiger partial charge < -0.3 is 0 Å². The van der Waals surface area contributed by atoms with Crippen LogP contribution in [0.3, 0.4) is 0 Å². The topological polar surface area (TPSA) is 81.7 Å². The van der Waals surface area contributed by atoms with Gasteiger partial charge in [0.05, 0.1) is 27.0 Å². The number of hydrogen-bond acceptors (Lipinski definition) is 4. The van der Waals surface area contributed by atoms with E-state index in [0.29, 0.717) is 0 Å². The van der Waals surface area contributed by atoms with Crippen molar-refractivity contribution in [3.05, 3.63) is 46.9 Å². The molecule has 0 aliphatic carbocycles. The van der Waals surface area contributed by atoms with Crippen molar-refractivity contribution in [1.29, 1.82) is 10.5 Å². The Bertz CT molecular complexity index is 744. The molecule has 4 nitrogen and oxygen atoms in total. The van der Waals surface area contributed by atoms with E-state index in [1.807, 2.05) is 12.1 Å². The summed E-state index contributed by atoms with van der Waals surface area (Å²) in [6.45, 7) is 3.40. The molecule has 2 rings (SSSR count). The molecule has 82 valence electrons. The van der Waals surface area contributed by atoms with Crippen LogP contribution in [0.25, 0.3) is 5.57 Å². The average Bonchev–Trinajstić information content (AvgIpc) is 2.56. The predicted octanol–water partition coefficient (Wildman–Crippen LogP) is 1.77.